The van der Waals surface area contributed by atoms with Gasteiger partial charge < -0.3 is 9.05 Å². The van der Waals surface area contributed by atoms with Crippen molar-refractivity contribution in [1.29, 1.82) is 0 Å². The molecule has 0 N–H and O–H groups in total. The van der Waals surface area contributed by atoms with Crippen molar-refractivity contribution < 1.29 is 13.6 Å². The number of benzene rings is 1. The normalized spacial score (nSPS) is 13.6. The number of hydrogen-bond acceptors (Lipinski definition) is 3. The van der Waals surface area contributed by atoms with E-state index in [0.29, 0.717) is 24.4 Å². The van der Waals surface area contributed by atoms with Crippen molar-refractivity contribution in [3.8, 4) is 0 Å². The van der Waals surface area contributed by atoms with Gasteiger partial charge in [-0.05, 0) is 37.5 Å². The molecular weight excluding hydrogens is 271 g/mol. The molecular formula is C13H20ClO3P. The SMILES string of the molecule is CCOP(=O)(C[C@@H](C)c1ccc(Cl)cc1)OCC. The van der Waals surface area contributed by atoms with Crippen LogP contribution in [0.4, 0.5) is 0 Å². The van der Waals surface area contributed by atoms with E-state index in [0.717, 1.165) is 5.56 Å². The lowest BCUT2D eigenvalue weighted by atomic mass is 10.0. The summed E-state index contributed by atoms with van der Waals surface area (Å²) in [6.07, 6.45) is 0.385. The Morgan fingerprint density at radius 1 is 1.17 bits per heavy atom. The first-order chi connectivity index (χ1) is 8.50. The fourth-order valence-electron chi connectivity index (χ4n) is 1.77. The maximum atomic E-state index is 12.4. The molecule has 5 heteroatoms. The molecule has 1 atom stereocenters. The molecule has 0 bridgehead atoms. The summed E-state index contributed by atoms with van der Waals surface area (Å²) in [6.45, 7) is 6.43. The molecule has 18 heavy (non-hydrogen) atoms. The van der Waals surface area contributed by atoms with Gasteiger partial charge in [0.15, 0.2) is 0 Å². The van der Waals surface area contributed by atoms with E-state index in [1.165, 1.54) is 0 Å². The van der Waals surface area contributed by atoms with Gasteiger partial charge in [-0.1, -0.05) is 30.7 Å². The number of hydrogen-bond donors (Lipinski definition) is 0. The van der Waals surface area contributed by atoms with E-state index >= 15 is 0 Å². The molecule has 0 saturated heterocycles. The Hall–Kier alpha value is -0.340. The Balaban J connectivity index is 2.74. The molecule has 0 aliphatic rings. The molecule has 0 aromatic heterocycles. The van der Waals surface area contributed by atoms with E-state index < -0.39 is 7.60 Å². The molecule has 0 radical (unpaired) electrons. The number of rotatable bonds is 7. The molecule has 1 aromatic carbocycles. The lowest BCUT2D eigenvalue weighted by molar-refractivity contribution is 0.219. The Kier molecular flexibility index (Phi) is 6.37. The monoisotopic (exact) mass is 290 g/mol. The zero-order valence-electron chi connectivity index (χ0n) is 11.1. The van der Waals surface area contributed by atoms with Crippen molar-refractivity contribution >= 4 is 19.2 Å². The summed E-state index contributed by atoms with van der Waals surface area (Å²) < 4.78 is 23.0. The summed E-state index contributed by atoms with van der Waals surface area (Å²) >= 11 is 5.84. The van der Waals surface area contributed by atoms with Crippen LogP contribution in [0.25, 0.3) is 0 Å². The summed E-state index contributed by atoms with van der Waals surface area (Å²) in [7, 11) is -2.99. The van der Waals surface area contributed by atoms with Crippen LogP contribution in [0.1, 0.15) is 32.3 Å². The molecule has 0 aliphatic heterocycles. The van der Waals surface area contributed by atoms with Crippen LogP contribution in [-0.2, 0) is 13.6 Å². The minimum atomic E-state index is -2.99. The van der Waals surface area contributed by atoms with Crippen LogP contribution in [0.5, 0.6) is 0 Å². The molecule has 0 unspecified atom stereocenters. The summed E-state index contributed by atoms with van der Waals surface area (Å²) in [5.74, 6) is 0.103. The molecule has 102 valence electrons. The van der Waals surface area contributed by atoms with Crippen molar-refractivity contribution in [2.45, 2.75) is 26.7 Å². The highest BCUT2D eigenvalue weighted by Crippen LogP contribution is 2.51. The number of halogens is 1. The molecule has 0 amide bonds. The first-order valence-electron chi connectivity index (χ1n) is 6.14. The predicted octanol–water partition coefficient (Wildman–Crippen LogP) is 4.71. The third-order valence-corrected chi connectivity index (χ3v) is 5.14. The van der Waals surface area contributed by atoms with Crippen molar-refractivity contribution in [3.63, 3.8) is 0 Å². The highest BCUT2D eigenvalue weighted by molar-refractivity contribution is 7.53. The summed E-state index contributed by atoms with van der Waals surface area (Å²) in [5, 5.41) is 0.698. The van der Waals surface area contributed by atoms with Crippen LogP contribution < -0.4 is 0 Å². The van der Waals surface area contributed by atoms with Crippen LogP contribution in [0, 0.1) is 0 Å². The van der Waals surface area contributed by atoms with Gasteiger partial charge >= 0.3 is 7.60 Å². The molecule has 0 spiro atoms. The lowest BCUT2D eigenvalue weighted by Crippen LogP contribution is -2.06. The maximum Gasteiger partial charge on any atom is 0.331 e. The Morgan fingerprint density at radius 3 is 2.11 bits per heavy atom. The van der Waals surface area contributed by atoms with Gasteiger partial charge in [-0.25, -0.2) is 0 Å². The lowest BCUT2D eigenvalue weighted by Gasteiger charge is -2.21. The summed E-state index contributed by atoms with van der Waals surface area (Å²) in [6, 6.07) is 7.55. The first kappa shape index (κ1) is 15.7. The fourth-order valence-corrected chi connectivity index (χ4v) is 3.85. The molecule has 0 fully saturated rings. The van der Waals surface area contributed by atoms with Gasteiger partial charge in [-0.3, -0.25) is 4.57 Å². The minimum Gasteiger partial charge on any atom is -0.309 e. The van der Waals surface area contributed by atoms with Crippen molar-refractivity contribution in [2.24, 2.45) is 0 Å². The van der Waals surface area contributed by atoms with Crippen LogP contribution in [0.3, 0.4) is 0 Å². The minimum absolute atomic E-state index is 0.103. The smallest absolute Gasteiger partial charge is 0.309 e. The maximum absolute atomic E-state index is 12.4. The largest absolute Gasteiger partial charge is 0.331 e. The second-order valence-electron chi connectivity index (χ2n) is 4.08. The van der Waals surface area contributed by atoms with Gasteiger partial charge in [-0.15, -0.1) is 0 Å². The molecule has 3 nitrogen and oxygen atoms in total. The predicted molar refractivity (Wildman–Crippen MR) is 75.6 cm³/mol. The highest BCUT2D eigenvalue weighted by atomic mass is 35.5. The van der Waals surface area contributed by atoms with E-state index in [1.54, 1.807) is 0 Å². The van der Waals surface area contributed by atoms with Crippen molar-refractivity contribution in [1.82, 2.24) is 0 Å². The van der Waals surface area contributed by atoms with Gasteiger partial charge in [-0.2, -0.15) is 0 Å². The van der Waals surface area contributed by atoms with E-state index in [-0.39, 0.29) is 5.92 Å². The van der Waals surface area contributed by atoms with E-state index in [2.05, 4.69) is 0 Å². The average molecular weight is 291 g/mol. The standard InChI is InChI=1S/C13H20ClO3P/c1-4-16-18(15,17-5-2)10-11(3)12-6-8-13(14)9-7-12/h6-9,11H,4-5,10H2,1-3H3/t11-/m1/s1. The quantitative estimate of drug-likeness (QED) is 0.682. The fraction of sp³-hybridized carbons (Fsp3) is 0.538. The second kappa shape index (κ2) is 7.30. The van der Waals surface area contributed by atoms with Gasteiger partial charge in [0, 0.05) is 5.02 Å². The van der Waals surface area contributed by atoms with Crippen molar-refractivity contribution in [3.05, 3.63) is 34.9 Å². The van der Waals surface area contributed by atoms with Crippen LogP contribution >= 0.6 is 19.2 Å². The van der Waals surface area contributed by atoms with Gasteiger partial charge in [0.2, 0.25) is 0 Å². The second-order valence-corrected chi connectivity index (χ2v) is 6.62. The zero-order valence-corrected chi connectivity index (χ0v) is 12.7. The topological polar surface area (TPSA) is 35.5 Å². The van der Waals surface area contributed by atoms with Crippen LogP contribution in [0.15, 0.2) is 24.3 Å². The Bertz CT molecular complexity index is 395. The molecule has 1 aromatic rings. The third kappa shape index (κ3) is 4.74. The highest BCUT2D eigenvalue weighted by Gasteiger charge is 2.27. The van der Waals surface area contributed by atoms with E-state index in [1.807, 2.05) is 45.0 Å². The van der Waals surface area contributed by atoms with E-state index in [9.17, 15) is 4.57 Å². The van der Waals surface area contributed by atoms with Gasteiger partial charge in [0.25, 0.3) is 0 Å². The summed E-state index contributed by atoms with van der Waals surface area (Å²) in [4.78, 5) is 0. The average Bonchev–Trinajstić information content (AvgIpc) is 2.30. The molecule has 0 aliphatic carbocycles. The Morgan fingerprint density at radius 2 is 1.67 bits per heavy atom. The van der Waals surface area contributed by atoms with E-state index in [4.69, 9.17) is 20.6 Å². The Labute approximate surface area is 114 Å². The first-order valence-corrected chi connectivity index (χ1v) is 8.25. The van der Waals surface area contributed by atoms with Crippen LogP contribution in [-0.4, -0.2) is 19.4 Å². The van der Waals surface area contributed by atoms with Crippen molar-refractivity contribution in [2.75, 3.05) is 19.4 Å². The third-order valence-electron chi connectivity index (χ3n) is 2.59. The van der Waals surface area contributed by atoms with Gasteiger partial charge in [0.05, 0.1) is 19.4 Å². The molecule has 0 saturated carbocycles. The summed E-state index contributed by atoms with van der Waals surface area (Å²) in [5.41, 5.74) is 1.08. The van der Waals surface area contributed by atoms with Gasteiger partial charge in [0.1, 0.15) is 0 Å². The zero-order chi connectivity index (χ0) is 13.6. The van der Waals surface area contributed by atoms with Crippen LogP contribution in [0.2, 0.25) is 5.02 Å². The molecule has 0 heterocycles. The molecule has 1 rings (SSSR count).